The fourth-order valence-electron chi connectivity index (χ4n) is 1.97. The molecule has 0 atom stereocenters. The summed E-state index contributed by atoms with van der Waals surface area (Å²) in [7, 11) is -3.50. The summed E-state index contributed by atoms with van der Waals surface area (Å²) in [6.07, 6.45) is 0. The van der Waals surface area contributed by atoms with Crippen molar-refractivity contribution in [2.75, 3.05) is 0 Å². The van der Waals surface area contributed by atoms with Gasteiger partial charge in [-0.25, -0.2) is 8.42 Å². The number of hydrogen-bond acceptors (Lipinski definition) is 3. The summed E-state index contributed by atoms with van der Waals surface area (Å²) in [5.74, 6) is 0. The zero-order valence-corrected chi connectivity index (χ0v) is 11.9. The van der Waals surface area contributed by atoms with Crippen LogP contribution < -0.4 is 5.73 Å². The first-order valence-electron chi connectivity index (χ1n) is 6.06. The average molecular weight is 275 g/mol. The first-order chi connectivity index (χ1) is 8.95. The molecule has 2 N–H and O–H groups in total. The van der Waals surface area contributed by atoms with Gasteiger partial charge < -0.3 is 5.73 Å². The Morgan fingerprint density at radius 1 is 0.947 bits per heavy atom. The second-order valence-corrected chi connectivity index (χ2v) is 6.55. The van der Waals surface area contributed by atoms with Gasteiger partial charge in [0.05, 0.1) is 9.79 Å². The highest BCUT2D eigenvalue weighted by Gasteiger charge is 2.20. The van der Waals surface area contributed by atoms with Crippen LogP contribution in [0.15, 0.2) is 52.3 Å². The average Bonchev–Trinajstić information content (AvgIpc) is 2.38. The maximum absolute atomic E-state index is 12.6. The minimum atomic E-state index is -3.50. The molecule has 4 heteroatoms. The third-order valence-corrected chi connectivity index (χ3v) is 4.93. The van der Waals surface area contributed by atoms with E-state index in [2.05, 4.69) is 0 Å². The van der Waals surface area contributed by atoms with Crippen LogP contribution in [0.2, 0.25) is 0 Å². The Kier molecular flexibility index (Phi) is 3.73. The molecule has 0 unspecified atom stereocenters. The summed E-state index contributed by atoms with van der Waals surface area (Å²) >= 11 is 0. The van der Waals surface area contributed by atoms with Crippen molar-refractivity contribution >= 4 is 9.84 Å². The first-order valence-corrected chi connectivity index (χ1v) is 7.55. The number of nitrogens with two attached hydrogens (primary N) is 1. The number of hydrogen-bond donors (Lipinski definition) is 1. The van der Waals surface area contributed by atoms with Gasteiger partial charge in [0.2, 0.25) is 9.84 Å². The Labute approximate surface area is 114 Å². The highest BCUT2D eigenvalue weighted by atomic mass is 32.2. The maximum Gasteiger partial charge on any atom is 0.206 e. The van der Waals surface area contributed by atoms with E-state index in [1.54, 1.807) is 36.4 Å². The number of benzene rings is 2. The largest absolute Gasteiger partial charge is 0.326 e. The summed E-state index contributed by atoms with van der Waals surface area (Å²) in [5.41, 5.74) is 8.34. The van der Waals surface area contributed by atoms with Crippen LogP contribution in [-0.2, 0) is 16.4 Å². The lowest BCUT2D eigenvalue weighted by atomic mass is 10.1. The Morgan fingerprint density at radius 3 is 2.11 bits per heavy atom. The van der Waals surface area contributed by atoms with Crippen LogP contribution in [0.25, 0.3) is 0 Å². The molecule has 0 amide bonds. The lowest BCUT2D eigenvalue weighted by molar-refractivity contribution is 0.595. The minimum absolute atomic E-state index is 0.210. The summed E-state index contributed by atoms with van der Waals surface area (Å²) in [4.78, 5) is 0.598. The predicted octanol–water partition coefficient (Wildman–Crippen LogP) is 2.59. The van der Waals surface area contributed by atoms with Crippen LogP contribution in [-0.4, -0.2) is 8.42 Å². The Morgan fingerprint density at radius 2 is 1.53 bits per heavy atom. The van der Waals surface area contributed by atoms with Crippen LogP contribution in [0.5, 0.6) is 0 Å². The van der Waals surface area contributed by atoms with E-state index in [1.807, 2.05) is 19.9 Å². The van der Waals surface area contributed by atoms with Crippen LogP contribution in [0, 0.1) is 13.8 Å². The Balaban J connectivity index is 2.59. The van der Waals surface area contributed by atoms with E-state index in [0.717, 1.165) is 11.1 Å². The van der Waals surface area contributed by atoms with Crippen molar-refractivity contribution < 1.29 is 8.42 Å². The van der Waals surface area contributed by atoms with Gasteiger partial charge >= 0.3 is 0 Å². The van der Waals surface area contributed by atoms with Crippen molar-refractivity contribution in [3.63, 3.8) is 0 Å². The van der Waals surface area contributed by atoms with E-state index in [4.69, 9.17) is 5.73 Å². The van der Waals surface area contributed by atoms with Crippen molar-refractivity contribution in [3.8, 4) is 0 Å². The van der Waals surface area contributed by atoms with Gasteiger partial charge in [0.1, 0.15) is 0 Å². The van der Waals surface area contributed by atoms with Crippen molar-refractivity contribution in [2.24, 2.45) is 5.73 Å². The van der Waals surface area contributed by atoms with Crippen LogP contribution >= 0.6 is 0 Å². The molecule has 0 aliphatic heterocycles. The number of aryl methyl sites for hydroxylation is 2. The molecule has 0 aromatic heterocycles. The highest BCUT2D eigenvalue weighted by Crippen LogP contribution is 2.25. The van der Waals surface area contributed by atoms with E-state index in [9.17, 15) is 8.42 Å². The quantitative estimate of drug-likeness (QED) is 0.936. The monoisotopic (exact) mass is 275 g/mol. The topological polar surface area (TPSA) is 60.2 Å². The molecule has 2 rings (SSSR count). The van der Waals surface area contributed by atoms with Gasteiger partial charge in [-0.15, -0.1) is 0 Å². The molecule has 0 saturated heterocycles. The van der Waals surface area contributed by atoms with E-state index < -0.39 is 9.84 Å². The van der Waals surface area contributed by atoms with Gasteiger partial charge in [0.15, 0.2) is 0 Å². The molecule has 0 spiro atoms. The Bertz CT molecular complexity index is 689. The SMILES string of the molecule is Cc1ccc(S(=O)(=O)c2ccc(C)cc2CN)cc1. The van der Waals surface area contributed by atoms with Crippen molar-refractivity contribution in [1.82, 2.24) is 0 Å². The molecule has 0 aliphatic carbocycles. The fourth-order valence-corrected chi connectivity index (χ4v) is 3.46. The first kappa shape index (κ1) is 13.8. The van der Waals surface area contributed by atoms with Gasteiger partial charge in [-0.05, 0) is 37.6 Å². The molecule has 0 bridgehead atoms. The van der Waals surface area contributed by atoms with E-state index in [-0.39, 0.29) is 6.54 Å². The van der Waals surface area contributed by atoms with Gasteiger partial charge in [-0.2, -0.15) is 0 Å². The zero-order valence-electron chi connectivity index (χ0n) is 11.1. The van der Waals surface area contributed by atoms with Gasteiger partial charge in [0.25, 0.3) is 0 Å². The lowest BCUT2D eigenvalue weighted by Crippen LogP contribution is -2.09. The lowest BCUT2D eigenvalue weighted by Gasteiger charge is -2.10. The van der Waals surface area contributed by atoms with E-state index >= 15 is 0 Å². The summed E-state index contributed by atoms with van der Waals surface area (Å²) in [5, 5.41) is 0. The molecule has 2 aromatic rings. The molecule has 2 aromatic carbocycles. The predicted molar refractivity (Wildman–Crippen MR) is 75.7 cm³/mol. The van der Waals surface area contributed by atoms with Gasteiger partial charge in [-0.1, -0.05) is 35.4 Å². The third kappa shape index (κ3) is 2.69. The van der Waals surface area contributed by atoms with Crippen molar-refractivity contribution in [3.05, 3.63) is 59.2 Å². The molecule has 0 saturated carbocycles. The second kappa shape index (κ2) is 5.15. The van der Waals surface area contributed by atoms with Crippen LogP contribution in [0.4, 0.5) is 0 Å². The molecule has 0 radical (unpaired) electrons. The Hall–Kier alpha value is -1.65. The molecule has 0 aliphatic rings. The van der Waals surface area contributed by atoms with Gasteiger partial charge in [0, 0.05) is 6.54 Å². The highest BCUT2D eigenvalue weighted by molar-refractivity contribution is 7.91. The molecule has 0 heterocycles. The van der Waals surface area contributed by atoms with Crippen LogP contribution in [0.3, 0.4) is 0 Å². The summed E-state index contributed by atoms with van der Waals surface area (Å²) in [6.45, 7) is 4.05. The summed E-state index contributed by atoms with van der Waals surface area (Å²) < 4.78 is 25.2. The third-order valence-electron chi connectivity index (χ3n) is 3.06. The second-order valence-electron chi connectivity index (χ2n) is 4.63. The fraction of sp³-hybridized carbons (Fsp3) is 0.200. The zero-order chi connectivity index (χ0) is 14.0. The van der Waals surface area contributed by atoms with Gasteiger partial charge in [-0.3, -0.25) is 0 Å². The molecule has 0 fully saturated rings. The van der Waals surface area contributed by atoms with Crippen molar-refractivity contribution in [1.29, 1.82) is 0 Å². The number of sulfone groups is 1. The molecule has 100 valence electrons. The van der Waals surface area contributed by atoms with E-state index in [1.165, 1.54) is 0 Å². The molecule has 3 nitrogen and oxygen atoms in total. The van der Waals surface area contributed by atoms with E-state index in [0.29, 0.717) is 15.4 Å². The molecule has 19 heavy (non-hydrogen) atoms. The standard InChI is InChI=1S/C15H17NO2S/c1-11-3-6-14(7-4-11)19(17,18)15-8-5-12(2)9-13(15)10-16/h3-9H,10,16H2,1-2H3. The smallest absolute Gasteiger partial charge is 0.206 e. The minimum Gasteiger partial charge on any atom is -0.326 e. The number of rotatable bonds is 3. The summed E-state index contributed by atoms with van der Waals surface area (Å²) in [6, 6.07) is 12.1. The van der Waals surface area contributed by atoms with Crippen LogP contribution in [0.1, 0.15) is 16.7 Å². The molecular weight excluding hydrogens is 258 g/mol. The van der Waals surface area contributed by atoms with Crippen molar-refractivity contribution in [2.45, 2.75) is 30.2 Å². The molecular formula is C15H17NO2S. The maximum atomic E-state index is 12.6. The normalized spacial score (nSPS) is 11.5.